The van der Waals surface area contributed by atoms with Gasteiger partial charge in [0.1, 0.15) is 24.0 Å². The summed E-state index contributed by atoms with van der Waals surface area (Å²) in [6, 6.07) is 17.2. The highest BCUT2D eigenvalue weighted by Crippen LogP contribution is 2.44. The molecule has 0 amide bonds. The van der Waals surface area contributed by atoms with Crippen LogP contribution in [0.25, 0.3) is 6.08 Å². The zero-order valence-electron chi connectivity index (χ0n) is 17.9. The Morgan fingerprint density at radius 3 is 2.75 bits per heavy atom. The predicted octanol–water partition coefficient (Wildman–Crippen LogP) is 5.63. The zero-order valence-corrected chi connectivity index (χ0v) is 18.6. The molecule has 0 unspecified atom stereocenters. The number of ether oxygens (including phenoxy) is 3. The van der Waals surface area contributed by atoms with Crippen LogP contribution >= 0.6 is 11.6 Å². The van der Waals surface area contributed by atoms with Gasteiger partial charge in [-0.2, -0.15) is 0 Å². The molecule has 0 aliphatic carbocycles. The Balaban J connectivity index is 1.48. The quantitative estimate of drug-likeness (QED) is 0.485. The highest BCUT2D eigenvalue weighted by Gasteiger charge is 2.35. The van der Waals surface area contributed by atoms with Gasteiger partial charge in [0.25, 0.3) is 0 Å². The van der Waals surface area contributed by atoms with Gasteiger partial charge in [0, 0.05) is 23.7 Å². The van der Waals surface area contributed by atoms with Crippen LogP contribution in [0.4, 0.5) is 0 Å². The summed E-state index contributed by atoms with van der Waals surface area (Å²) in [5.41, 5.74) is 4.12. The number of benzene rings is 3. The lowest BCUT2D eigenvalue weighted by molar-refractivity contribution is 0.0872. The maximum absolute atomic E-state index is 13.2. The molecule has 0 atom stereocenters. The summed E-state index contributed by atoms with van der Waals surface area (Å²) < 4.78 is 17.6. The average molecular weight is 448 g/mol. The second-order valence-corrected chi connectivity index (χ2v) is 8.32. The van der Waals surface area contributed by atoms with E-state index in [1.807, 2.05) is 61.5 Å². The molecule has 2 aliphatic heterocycles. The van der Waals surface area contributed by atoms with Gasteiger partial charge < -0.3 is 14.2 Å². The minimum Gasteiger partial charge on any atom is -0.496 e. The van der Waals surface area contributed by atoms with Crippen LogP contribution in [0, 0.1) is 6.92 Å². The molecule has 3 aromatic rings. The lowest BCUT2D eigenvalue weighted by Gasteiger charge is -2.30. The number of Topliss-reactive ketones (excluding diaryl/α,β-unsaturated/α-hetero) is 1. The van der Waals surface area contributed by atoms with Gasteiger partial charge in [-0.1, -0.05) is 48.0 Å². The fraction of sp³-hybridized carbons (Fsp3) is 0.192. The van der Waals surface area contributed by atoms with Gasteiger partial charge in [0.2, 0.25) is 5.78 Å². The number of fused-ring (bicyclic) bond motifs is 3. The van der Waals surface area contributed by atoms with E-state index in [1.165, 1.54) is 0 Å². The minimum atomic E-state index is -0.130. The number of carbonyl (C=O) groups excluding carboxylic acids is 1. The molecule has 0 saturated heterocycles. The molecule has 0 spiro atoms. The van der Waals surface area contributed by atoms with E-state index in [4.69, 9.17) is 25.8 Å². The van der Waals surface area contributed by atoms with Crippen LogP contribution in [0.5, 0.6) is 17.2 Å². The first kappa shape index (κ1) is 20.6. The van der Waals surface area contributed by atoms with E-state index in [0.29, 0.717) is 36.9 Å². The molecule has 0 radical (unpaired) electrons. The first-order chi connectivity index (χ1) is 15.5. The first-order valence-corrected chi connectivity index (χ1v) is 10.7. The van der Waals surface area contributed by atoms with Gasteiger partial charge in [-0.3, -0.25) is 9.69 Å². The summed E-state index contributed by atoms with van der Waals surface area (Å²) in [6.07, 6.45) is 1.73. The fourth-order valence-corrected chi connectivity index (χ4v) is 4.37. The molecule has 3 aromatic carbocycles. The molecular weight excluding hydrogens is 426 g/mol. The number of ketones is 1. The molecule has 0 aromatic heterocycles. The monoisotopic (exact) mass is 447 g/mol. The molecule has 32 heavy (non-hydrogen) atoms. The Morgan fingerprint density at radius 1 is 1.16 bits per heavy atom. The third-order valence-corrected chi connectivity index (χ3v) is 6.13. The van der Waals surface area contributed by atoms with E-state index < -0.39 is 0 Å². The van der Waals surface area contributed by atoms with Gasteiger partial charge in [-0.25, -0.2) is 0 Å². The summed E-state index contributed by atoms with van der Waals surface area (Å²) >= 11 is 6.34. The lowest BCUT2D eigenvalue weighted by atomic mass is 9.98. The maximum atomic E-state index is 13.2. The summed E-state index contributed by atoms with van der Waals surface area (Å²) in [5.74, 6) is 2.16. The molecule has 0 saturated carbocycles. The van der Waals surface area contributed by atoms with Gasteiger partial charge in [0.15, 0.2) is 5.76 Å². The number of halogens is 1. The smallest absolute Gasteiger partial charge is 0.232 e. The van der Waals surface area contributed by atoms with Crippen molar-refractivity contribution in [2.75, 3.05) is 13.8 Å². The van der Waals surface area contributed by atoms with E-state index in [1.54, 1.807) is 13.2 Å². The maximum Gasteiger partial charge on any atom is 0.232 e. The largest absolute Gasteiger partial charge is 0.496 e. The second kappa shape index (κ2) is 8.34. The van der Waals surface area contributed by atoms with E-state index in [0.717, 1.165) is 33.0 Å². The van der Waals surface area contributed by atoms with Gasteiger partial charge >= 0.3 is 0 Å². The molecule has 2 aliphatic rings. The number of aryl methyl sites for hydroxylation is 1. The number of carbonyl (C=O) groups is 1. The Kier molecular flexibility index (Phi) is 5.37. The molecule has 5 rings (SSSR count). The molecule has 162 valence electrons. The average Bonchev–Trinajstić information content (AvgIpc) is 3.13. The van der Waals surface area contributed by atoms with E-state index >= 15 is 0 Å². The normalized spacial score (nSPS) is 16.3. The van der Waals surface area contributed by atoms with Crippen LogP contribution in [0.1, 0.15) is 32.6 Å². The Hall–Kier alpha value is -3.28. The second-order valence-electron chi connectivity index (χ2n) is 7.91. The molecule has 5 nitrogen and oxygen atoms in total. The molecule has 0 N–H and O–H groups in total. The number of hydrogen-bond donors (Lipinski definition) is 0. The highest BCUT2D eigenvalue weighted by atomic mass is 35.5. The van der Waals surface area contributed by atoms with Gasteiger partial charge in [0.05, 0.1) is 18.2 Å². The SMILES string of the molecule is COc1ccccc1/C=C1\Oc2c3c(cc(C)c2C1=O)OCN(Cc1ccccc1Cl)C3. The van der Waals surface area contributed by atoms with Crippen molar-refractivity contribution in [3.63, 3.8) is 0 Å². The molecular formula is C26H22ClNO4. The van der Waals surface area contributed by atoms with Crippen molar-refractivity contribution in [2.45, 2.75) is 20.0 Å². The highest BCUT2D eigenvalue weighted by molar-refractivity contribution is 6.31. The van der Waals surface area contributed by atoms with Crippen LogP contribution in [-0.2, 0) is 13.1 Å². The minimum absolute atomic E-state index is 0.130. The van der Waals surface area contributed by atoms with E-state index in [9.17, 15) is 4.79 Å². The van der Waals surface area contributed by atoms with Crippen molar-refractivity contribution in [1.29, 1.82) is 0 Å². The first-order valence-electron chi connectivity index (χ1n) is 10.4. The van der Waals surface area contributed by atoms with Crippen molar-refractivity contribution in [1.82, 2.24) is 4.90 Å². The van der Waals surface area contributed by atoms with E-state index in [2.05, 4.69) is 4.90 Å². The number of allylic oxidation sites excluding steroid dienone is 1. The Morgan fingerprint density at radius 2 is 1.94 bits per heavy atom. The number of methoxy groups -OCH3 is 1. The van der Waals surface area contributed by atoms with Gasteiger partial charge in [-0.05, 0) is 42.3 Å². The standard InChI is InChI=1S/C26H22ClNO4/c1-16-11-22-19(14-28(15-31-22)13-18-8-3-5-9-20(18)27)26-24(16)25(29)23(32-26)12-17-7-4-6-10-21(17)30-2/h3-12H,13-15H2,1-2H3/b23-12-. The van der Waals surface area contributed by atoms with Crippen molar-refractivity contribution in [3.8, 4) is 17.2 Å². The molecule has 2 heterocycles. The zero-order chi connectivity index (χ0) is 22.2. The van der Waals surface area contributed by atoms with Crippen LogP contribution in [0.3, 0.4) is 0 Å². The topological polar surface area (TPSA) is 48.0 Å². The van der Waals surface area contributed by atoms with Gasteiger partial charge in [-0.15, -0.1) is 0 Å². The Bertz CT molecular complexity index is 1250. The van der Waals surface area contributed by atoms with Crippen molar-refractivity contribution < 1.29 is 19.0 Å². The predicted molar refractivity (Wildman–Crippen MR) is 123 cm³/mol. The van der Waals surface area contributed by atoms with Crippen LogP contribution in [-0.4, -0.2) is 24.5 Å². The number of nitrogens with zero attached hydrogens (tertiary/aromatic N) is 1. The van der Waals surface area contributed by atoms with Crippen LogP contribution < -0.4 is 14.2 Å². The summed E-state index contributed by atoms with van der Waals surface area (Å²) in [4.78, 5) is 15.4. The van der Waals surface area contributed by atoms with Crippen molar-refractivity contribution in [2.24, 2.45) is 0 Å². The Labute approximate surface area is 191 Å². The number of hydrogen-bond acceptors (Lipinski definition) is 5. The van der Waals surface area contributed by atoms with Crippen molar-refractivity contribution >= 4 is 23.5 Å². The number of rotatable bonds is 4. The molecule has 6 heteroatoms. The fourth-order valence-electron chi connectivity index (χ4n) is 4.17. The summed E-state index contributed by atoms with van der Waals surface area (Å²) in [6.45, 7) is 3.58. The number of para-hydroxylation sites is 1. The lowest BCUT2D eigenvalue weighted by Crippen LogP contribution is -2.32. The third kappa shape index (κ3) is 3.64. The van der Waals surface area contributed by atoms with Crippen LogP contribution in [0.15, 0.2) is 60.4 Å². The third-order valence-electron chi connectivity index (χ3n) is 5.77. The van der Waals surface area contributed by atoms with E-state index in [-0.39, 0.29) is 11.5 Å². The van der Waals surface area contributed by atoms with Crippen molar-refractivity contribution in [3.05, 3.63) is 93.2 Å². The molecule has 0 bridgehead atoms. The summed E-state index contributed by atoms with van der Waals surface area (Å²) in [5, 5.41) is 0.723. The van der Waals surface area contributed by atoms with Crippen LogP contribution in [0.2, 0.25) is 5.02 Å². The molecule has 0 fully saturated rings. The summed E-state index contributed by atoms with van der Waals surface area (Å²) in [7, 11) is 1.61.